The number of anilines is 1. The molecule has 2 saturated heterocycles. The lowest BCUT2D eigenvalue weighted by Crippen LogP contribution is -2.63. The highest BCUT2D eigenvalue weighted by molar-refractivity contribution is 6.24. The monoisotopic (exact) mass is 427 g/mol. The van der Waals surface area contributed by atoms with Crippen molar-refractivity contribution in [2.75, 3.05) is 71.5 Å². The molecular weight excluding hydrogens is 400 g/mol. The number of fused-ring (bicyclic) bond motifs is 2. The summed E-state index contributed by atoms with van der Waals surface area (Å²) in [5.74, 6) is 1.77. The molecule has 0 bridgehead atoms. The molecular formula is C21H27N6O4+. The minimum absolute atomic E-state index is 0.197. The number of aliphatic imine (C=N–C) groups is 1. The highest BCUT2D eigenvalue weighted by atomic mass is 16.5. The van der Waals surface area contributed by atoms with E-state index in [1.807, 2.05) is 28.8 Å². The van der Waals surface area contributed by atoms with Gasteiger partial charge >= 0.3 is 12.0 Å². The first-order valence-corrected chi connectivity index (χ1v) is 10.6. The highest BCUT2D eigenvalue weighted by Crippen LogP contribution is 2.28. The molecule has 31 heavy (non-hydrogen) atoms. The van der Waals surface area contributed by atoms with Gasteiger partial charge in [0.2, 0.25) is 11.9 Å². The number of hydrogen-bond donors (Lipinski definition) is 0. The molecule has 0 aliphatic carbocycles. The van der Waals surface area contributed by atoms with Crippen molar-refractivity contribution >= 4 is 29.4 Å². The first kappa shape index (κ1) is 20.0. The number of amides is 3. The van der Waals surface area contributed by atoms with Crippen LogP contribution in [0.25, 0.3) is 0 Å². The first-order chi connectivity index (χ1) is 15.1. The lowest BCUT2D eigenvalue weighted by atomic mass is 10.1. The number of ether oxygens (including phenoxy) is 2. The van der Waals surface area contributed by atoms with Crippen LogP contribution in [0, 0.1) is 0 Å². The van der Waals surface area contributed by atoms with E-state index in [1.165, 1.54) is 9.80 Å². The van der Waals surface area contributed by atoms with Crippen LogP contribution < -0.4 is 9.64 Å². The van der Waals surface area contributed by atoms with Crippen molar-refractivity contribution < 1.29 is 23.6 Å². The normalized spacial score (nSPS) is 24.0. The number of amidine groups is 1. The fraction of sp³-hybridized carbons (Fsp3) is 0.524. The summed E-state index contributed by atoms with van der Waals surface area (Å²) in [5.41, 5.74) is 0.949. The Hall–Kier alpha value is -2.98. The maximum absolute atomic E-state index is 13.4. The zero-order chi connectivity index (χ0) is 21.5. The van der Waals surface area contributed by atoms with E-state index in [0.717, 1.165) is 24.5 Å². The number of hydrogen-bond acceptors (Lipinski definition) is 7. The lowest BCUT2D eigenvalue weighted by Gasteiger charge is -2.35. The van der Waals surface area contributed by atoms with E-state index in [9.17, 15) is 9.59 Å². The summed E-state index contributed by atoms with van der Waals surface area (Å²) in [6.45, 7) is 5.42. The highest BCUT2D eigenvalue weighted by Gasteiger charge is 2.55. The van der Waals surface area contributed by atoms with Gasteiger partial charge in [0, 0.05) is 39.3 Å². The third-order valence-corrected chi connectivity index (χ3v) is 6.30. The number of benzene rings is 1. The summed E-state index contributed by atoms with van der Waals surface area (Å²) in [6, 6.07) is 6.89. The second-order valence-electron chi connectivity index (χ2n) is 8.00. The second kappa shape index (κ2) is 7.93. The largest absolute Gasteiger partial charge is 0.497 e. The molecule has 3 amide bonds. The van der Waals surface area contributed by atoms with Crippen molar-refractivity contribution in [2.24, 2.45) is 4.99 Å². The zero-order valence-corrected chi connectivity index (χ0v) is 17.9. The van der Waals surface area contributed by atoms with E-state index < -0.39 is 6.04 Å². The molecule has 0 N–H and O–H groups in total. The average Bonchev–Trinajstić information content (AvgIpc) is 3.38. The fourth-order valence-electron chi connectivity index (χ4n) is 4.55. The zero-order valence-electron chi connectivity index (χ0n) is 17.9. The van der Waals surface area contributed by atoms with Gasteiger partial charge in [0.15, 0.2) is 0 Å². The van der Waals surface area contributed by atoms with Gasteiger partial charge in [-0.05, 0) is 12.1 Å². The Bertz CT molecular complexity index is 970. The number of nitrogens with zero attached hydrogens (tertiary/aromatic N) is 6. The molecule has 1 aromatic rings. The molecule has 1 unspecified atom stereocenters. The molecule has 1 aromatic carbocycles. The van der Waals surface area contributed by atoms with Crippen LogP contribution in [-0.2, 0) is 9.53 Å². The number of methoxy groups -OCH3 is 1. The van der Waals surface area contributed by atoms with Crippen LogP contribution in [0.15, 0.2) is 29.3 Å². The van der Waals surface area contributed by atoms with Gasteiger partial charge in [-0.3, -0.25) is 19.5 Å². The van der Waals surface area contributed by atoms with Crippen molar-refractivity contribution in [2.45, 2.75) is 6.04 Å². The standard InChI is InChI=1S/C21H27N6O4/c1-23-18-17(19(28)27(21(23)29)7-6-24-10-12-31-13-11-24)26-9-8-25(20(26)22-18)15-4-3-5-16(14-15)30-2/h3-5,14,17H,6-13H2,1-2H3/q+1. The Labute approximate surface area is 180 Å². The van der Waals surface area contributed by atoms with Crippen LogP contribution in [0.5, 0.6) is 5.75 Å². The molecule has 1 atom stereocenters. The SMILES string of the molecule is COc1cccc(N2CC[N+]3=C2N=C2C3C(=O)N(CCN3CCOCC3)C(=O)N2C)c1. The van der Waals surface area contributed by atoms with Gasteiger partial charge in [-0.15, -0.1) is 0 Å². The van der Waals surface area contributed by atoms with E-state index in [2.05, 4.69) is 9.80 Å². The number of urea groups is 1. The molecule has 2 fully saturated rings. The maximum Gasteiger partial charge on any atom is 0.397 e. The van der Waals surface area contributed by atoms with E-state index in [0.29, 0.717) is 51.2 Å². The van der Waals surface area contributed by atoms with Crippen LogP contribution >= 0.6 is 0 Å². The van der Waals surface area contributed by atoms with Gasteiger partial charge in [0.25, 0.3) is 5.91 Å². The molecule has 0 radical (unpaired) electrons. The number of carbonyl (C=O) groups excluding carboxylic acids is 2. The summed E-state index contributed by atoms with van der Waals surface area (Å²) in [6.07, 6.45) is 0. The Kier molecular flexibility index (Phi) is 5.11. The van der Waals surface area contributed by atoms with Crippen LogP contribution in [-0.4, -0.2) is 116 Å². The van der Waals surface area contributed by atoms with Crippen molar-refractivity contribution in [1.82, 2.24) is 14.7 Å². The lowest BCUT2D eigenvalue weighted by molar-refractivity contribution is -0.525. The third kappa shape index (κ3) is 3.35. The van der Waals surface area contributed by atoms with Crippen molar-refractivity contribution in [3.8, 4) is 5.75 Å². The maximum atomic E-state index is 13.4. The number of likely N-dealkylation sites (N-methyl/N-ethyl adjacent to an activating group) is 1. The van der Waals surface area contributed by atoms with Crippen LogP contribution in [0.3, 0.4) is 0 Å². The predicted molar refractivity (Wildman–Crippen MR) is 114 cm³/mol. The summed E-state index contributed by atoms with van der Waals surface area (Å²) in [4.78, 5) is 38.2. The fourth-order valence-corrected chi connectivity index (χ4v) is 4.55. The van der Waals surface area contributed by atoms with E-state index >= 15 is 0 Å². The number of rotatable bonds is 5. The molecule has 4 aliphatic rings. The minimum Gasteiger partial charge on any atom is -0.497 e. The summed E-state index contributed by atoms with van der Waals surface area (Å²) >= 11 is 0. The van der Waals surface area contributed by atoms with Crippen LogP contribution in [0.1, 0.15) is 0 Å². The summed E-state index contributed by atoms with van der Waals surface area (Å²) in [7, 11) is 3.33. The van der Waals surface area contributed by atoms with Crippen molar-refractivity contribution in [1.29, 1.82) is 0 Å². The van der Waals surface area contributed by atoms with Gasteiger partial charge in [0.05, 0.1) is 26.9 Å². The third-order valence-electron chi connectivity index (χ3n) is 6.30. The molecule has 0 saturated carbocycles. The molecule has 4 heterocycles. The molecule has 164 valence electrons. The Morgan fingerprint density at radius 3 is 2.77 bits per heavy atom. The Morgan fingerprint density at radius 1 is 1.19 bits per heavy atom. The minimum atomic E-state index is -0.557. The number of morpholine rings is 1. The van der Waals surface area contributed by atoms with Crippen molar-refractivity contribution in [3.63, 3.8) is 0 Å². The number of guanidine groups is 1. The quantitative estimate of drug-likeness (QED) is 0.610. The van der Waals surface area contributed by atoms with E-state index in [4.69, 9.17) is 14.5 Å². The molecule has 4 aliphatic heterocycles. The smallest absolute Gasteiger partial charge is 0.397 e. The summed E-state index contributed by atoms with van der Waals surface area (Å²) < 4.78 is 12.7. The Balaban J connectivity index is 1.39. The van der Waals surface area contributed by atoms with Gasteiger partial charge < -0.3 is 9.47 Å². The van der Waals surface area contributed by atoms with E-state index in [-0.39, 0.29) is 11.9 Å². The average molecular weight is 427 g/mol. The second-order valence-corrected chi connectivity index (χ2v) is 8.00. The topological polar surface area (TPSA) is 80.9 Å². The van der Waals surface area contributed by atoms with Crippen molar-refractivity contribution in [3.05, 3.63) is 24.3 Å². The Morgan fingerprint density at radius 2 is 2.00 bits per heavy atom. The summed E-state index contributed by atoms with van der Waals surface area (Å²) in [5, 5.41) is 0. The van der Waals surface area contributed by atoms with E-state index in [1.54, 1.807) is 14.2 Å². The predicted octanol–water partition coefficient (Wildman–Crippen LogP) is -0.109. The molecule has 0 aromatic heterocycles. The number of carbonyl (C=O) groups is 2. The van der Waals surface area contributed by atoms with Gasteiger partial charge in [-0.1, -0.05) is 11.1 Å². The van der Waals surface area contributed by atoms with Gasteiger partial charge in [0.1, 0.15) is 18.0 Å². The number of imide groups is 1. The first-order valence-electron chi connectivity index (χ1n) is 10.6. The molecule has 5 rings (SSSR count). The van der Waals surface area contributed by atoms with Crippen LogP contribution in [0.2, 0.25) is 0 Å². The van der Waals surface area contributed by atoms with Gasteiger partial charge in [-0.2, -0.15) is 0 Å². The van der Waals surface area contributed by atoms with Gasteiger partial charge in [-0.25, -0.2) is 14.3 Å². The molecule has 0 spiro atoms. The molecule has 10 nitrogen and oxygen atoms in total. The van der Waals surface area contributed by atoms with Crippen LogP contribution in [0.4, 0.5) is 10.5 Å². The molecule has 10 heteroatoms.